The smallest absolute Gasteiger partial charge is 0.232 e. The molecule has 4 rings (SSSR count). The van der Waals surface area contributed by atoms with Gasteiger partial charge in [-0.05, 0) is 41.6 Å². The van der Waals surface area contributed by atoms with Crippen molar-refractivity contribution in [3.8, 4) is 11.3 Å². The molecule has 0 unspecified atom stereocenters. The van der Waals surface area contributed by atoms with Gasteiger partial charge in [0.15, 0.2) is 0 Å². The van der Waals surface area contributed by atoms with Crippen molar-refractivity contribution < 1.29 is 9.29 Å². The monoisotopic (exact) mass is 403 g/mol. The molecule has 7 nitrogen and oxygen atoms in total. The molecule has 0 aromatic carbocycles. The number of anilines is 2. The molecule has 3 aromatic heterocycles. The molecule has 0 amide bonds. The zero-order valence-electron chi connectivity index (χ0n) is 15.0. The van der Waals surface area contributed by atoms with E-state index in [4.69, 9.17) is 21.2 Å². The Labute approximate surface area is 164 Å². The van der Waals surface area contributed by atoms with Gasteiger partial charge in [0, 0.05) is 36.9 Å². The quantitative estimate of drug-likeness (QED) is 0.459. The van der Waals surface area contributed by atoms with Crippen LogP contribution in [0.3, 0.4) is 0 Å². The molecular weight excluding hydrogens is 382 g/mol. The maximum Gasteiger partial charge on any atom is 0.232 e. The van der Waals surface area contributed by atoms with Crippen LogP contribution in [0.4, 0.5) is 11.6 Å². The number of methoxy groups -OCH3 is 1. The lowest BCUT2D eigenvalue weighted by molar-refractivity contribution is 0.199. The third-order valence-electron chi connectivity index (χ3n) is 4.57. The lowest BCUT2D eigenvalue weighted by Gasteiger charge is -2.09. The summed E-state index contributed by atoms with van der Waals surface area (Å²) in [5.74, 6) is 1.24. The largest absolute Gasteiger partial charge is 0.611 e. The van der Waals surface area contributed by atoms with Crippen LogP contribution in [0.1, 0.15) is 30.7 Å². The summed E-state index contributed by atoms with van der Waals surface area (Å²) in [6, 6.07) is 2.07. The van der Waals surface area contributed by atoms with Gasteiger partial charge in [0.05, 0.1) is 12.3 Å². The molecule has 0 bridgehead atoms. The predicted molar refractivity (Wildman–Crippen MR) is 109 cm³/mol. The van der Waals surface area contributed by atoms with E-state index >= 15 is 0 Å². The number of hydrogen-bond donors (Lipinski definition) is 2. The Kier molecular flexibility index (Phi) is 5.18. The molecule has 142 valence electrons. The Bertz CT molecular complexity index is 957. The minimum Gasteiger partial charge on any atom is -0.611 e. The molecule has 0 saturated heterocycles. The Balaban J connectivity index is 1.77. The topological polar surface area (TPSA) is 123 Å². The summed E-state index contributed by atoms with van der Waals surface area (Å²) in [7, 11) is 1.64. The number of hydrogen-bond acceptors (Lipinski definition) is 8. The van der Waals surface area contributed by atoms with Crippen LogP contribution in [0.5, 0.6) is 0 Å². The summed E-state index contributed by atoms with van der Waals surface area (Å²) in [4.78, 5) is 13.7. The number of ether oxygens (including phenoxy) is 1. The molecule has 4 N–H and O–H groups in total. The Morgan fingerprint density at radius 1 is 1.30 bits per heavy atom. The predicted octanol–water partition coefficient (Wildman–Crippen LogP) is 2.94. The van der Waals surface area contributed by atoms with Crippen LogP contribution in [-0.2, 0) is 15.9 Å². The Morgan fingerprint density at radius 2 is 2.04 bits per heavy atom. The van der Waals surface area contributed by atoms with Gasteiger partial charge in [-0.2, -0.15) is 0 Å². The summed E-state index contributed by atoms with van der Waals surface area (Å²) in [5.41, 5.74) is 15.4. The zero-order valence-corrected chi connectivity index (χ0v) is 16.6. The first kappa shape index (κ1) is 18.4. The van der Waals surface area contributed by atoms with E-state index in [9.17, 15) is 4.55 Å². The molecule has 3 heterocycles. The lowest BCUT2D eigenvalue weighted by atomic mass is 10.0. The zero-order chi connectivity index (χ0) is 19.0. The molecule has 1 atom stereocenters. The summed E-state index contributed by atoms with van der Waals surface area (Å²) >= 11 is 0.267. The molecule has 0 aliphatic heterocycles. The van der Waals surface area contributed by atoms with Crippen LogP contribution in [0.15, 0.2) is 22.7 Å². The van der Waals surface area contributed by atoms with Gasteiger partial charge in [0.2, 0.25) is 10.2 Å². The SMILES string of the molecule is COCCC[S@+]([O-])c1sc2nc(-c3cnc(N)nc3)cc(C3CC3)c2c1N. The molecule has 0 radical (unpaired) electrons. The normalized spacial score (nSPS) is 15.3. The molecule has 1 aliphatic rings. The second kappa shape index (κ2) is 7.59. The second-order valence-electron chi connectivity index (χ2n) is 6.58. The van der Waals surface area contributed by atoms with E-state index < -0.39 is 11.2 Å². The number of nitrogen functional groups attached to an aromatic ring is 2. The summed E-state index contributed by atoms with van der Waals surface area (Å²) in [6.45, 7) is 0.587. The molecular formula is C18H21N5O2S2. The standard InChI is InChI=1S/C18H21N5O2S2/c1-25-5-2-6-27(24)17-15(19)14-12(10-3-4-10)7-13(23-16(14)26-17)11-8-21-18(20)22-9-11/h7-10H,2-6,19H2,1H3,(H2,20,21,22)/t27-/m0/s1. The first-order chi connectivity index (χ1) is 13.1. The third-order valence-corrected chi connectivity index (χ3v) is 7.56. The Morgan fingerprint density at radius 3 is 2.70 bits per heavy atom. The molecule has 1 fully saturated rings. The van der Waals surface area contributed by atoms with Crippen molar-refractivity contribution in [3.63, 3.8) is 0 Å². The lowest BCUT2D eigenvalue weighted by Crippen LogP contribution is -2.09. The van der Waals surface area contributed by atoms with E-state index in [0.29, 0.717) is 28.2 Å². The first-order valence-electron chi connectivity index (χ1n) is 8.76. The van der Waals surface area contributed by atoms with Crippen molar-refractivity contribution in [1.29, 1.82) is 0 Å². The van der Waals surface area contributed by atoms with Gasteiger partial charge >= 0.3 is 0 Å². The fourth-order valence-electron chi connectivity index (χ4n) is 3.06. The highest BCUT2D eigenvalue weighted by atomic mass is 32.2. The van der Waals surface area contributed by atoms with Crippen molar-refractivity contribution in [2.45, 2.75) is 29.4 Å². The van der Waals surface area contributed by atoms with Gasteiger partial charge < -0.3 is 20.8 Å². The third kappa shape index (κ3) is 3.73. The molecule has 1 saturated carbocycles. The maximum atomic E-state index is 12.7. The fourth-order valence-corrected chi connectivity index (χ4v) is 5.69. The molecule has 3 aromatic rings. The van der Waals surface area contributed by atoms with E-state index in [0.717, 1.165) is 40.7 Å². The van der Waals surface area contributed by atoms with Crippen LogP contribution < -0.4 is 11.5 Å². The average molecular weight is 404 g/mol. The van der Waals surface area contributed by atoms with Gasteiger partial charge in [-0.1, -0.05) is 11.3 Å². The van der Waals surface area contributed by atoms with Crippen molar-refractivity contribution in [2.75, 3.05) is 30.9 Å². The van der Waals surface area contributed by atoms with E-state index in [1.54, 1.807) is 19.5 Å². The molecule has 0 spiro atoms. The van der Waals surface area contributed by atoms with E-state index in [1.807, 2.05) is 0 Å². The highest BCUT2D eigenvalue weighted by molar-refractivity contribution is 7.93. The number of nitrogens with two attached hydrogens (primary N) is 2. The van der Waals surface area contributed by atoms with E-state index in [2.05, 4.69) is 16.0 Å². The van der Waals surface area contributed by atoms with Gasteiger partial charge in [-0.15, -0.1) is 0 Å². The maximum absolute atomic E-state index is 12.7. The van der Waals surface area contributed by atoms with Crippen LogP contribution in [0.2, 0.25) is 0 Å². The van der Waals surface area contributed by atoms with Crippen molar-refractivity contribution in [3.05, 3.63) is 24.0 Å². The summed E-state index contributed by atoms with van der Waals surface area (Å²) < 4.78 is 18.5. The van der Waals surface area contributed by atoms with Gasteiger partial charge in [-0.25, -0.2) is 15.0 Å². The van der Waals surface area contributed by atoms with Crippen LogP contribution in [0.25, 0.3) is 21.5 Å². The van der Waals surface area contributed by atoms with Crippen LogP contribution >= 0.6 is 11.3 Å². The summed E-state index contributed by atoms with van der Waals surface area (Å²) in [5, 5.41) is 0.956. The number of aromatic nitrogens is 3. The number of fused-ring (bicyclic) bond motifs is 1. The van der Waals surface area contributed by atoms with Crippen LogP contribution in [-0.4, -0.2) is 39.0 Å². The molecule has 1 aliphatic carbocycles. The summed E-state index contributed by atoms with van der Waals surface area (Å²) in [6.07, 6.45) is 6.35. The van der Waals surface area contributed by atoms with Gasteiger partial charge in [0.25, 0.3) is 0 Å². The second-order valence-corrected chi connectivity index (χ2v) is 9.35. The van der Waals surface area contributed by atoms with E-state index in [-0.39, 0.29) is 5.95 Å². The Hall–Kier alpha value is -1.94. The number of rotatable bonds is 7. The van der Waals surface area contributed by atoms with Gasteiger partial charge in [0.1, 0.15) is 16.3 Å². The average Bonchev–Trinajstić information content (AvgIpc) is 3.46. The minimum absolute atomic E-state index is 0.233. The van der Waals surface area contributed by atoms with E-state index in [1.165, 1.54) is 16.9 Å². The minimum atomic E-state index is -1.15. The van der Waals surface area contributed by atoms with Crippen LogP contribution in [0, 0.1) is 0 Å². The number of nitrogens with zero attached hydrogens (tertiary/aromatic N) is 3. The highest BCUT2D eigenvalue weighted by Crippen LogP contribution is 2.48. The van der Waals surface area contributed by atoms with Crippen molar-refractivity contribution in [2.24, 2.45) is 0 Å². The van der Waals surface area contributed by atoms with Crippen molar-refractivity contribution >= 4 is 44.4 Å². The number of pyridine rings is 1. The molecule has 9 heteroatoms. The number of thiophene rings is 1. The first-order valence-corrected chi connectivity index (χ1v) is 10.9. The molecule has 27 heavy (non-hydrogen) atoms. The fraction of sp³-hybridized carbons (Fsp3) is 0.389. The van der Waals surface area contributed by atoms with Crippen molar-refractivity contribution in [1.82, 2.24) is 15.0 Å². The van der Waals surface area contributed by atoms with Gasteiger partial charge in [-0.3, -0.25) is 0 Å². The highest BCUT2D eigenvalue weighted by Gasteiger charge is 2.31.